The van der Waals surface area contributed by atoms with Crippen molar-refractivity contribution in [1.29, 1.82) is 0 Å². The Bertz CT molecular complexity index is 607. The Balaban J connectivity index is 1.84. The highest BCUT2D eigenvalue weighted by molar-refractivity contribution is 5.92. The molecule has 2 aromatic carbocycles. The summed E-state index contributed by atoms with van der Waals surface area (Å²) in [5, 5.41) is 2.96. The standard InChI is InChI=1S/C20H26N2O/c1-4-16(2)18-10-12-19(13-11-18)21-20(23)15-22(3)14-17-8-6-5-7-9-17/h5-13,16H,4,14-15H2,1-3H3,(H,21,23)/t16-/m1/s1. The molecule has 0 bridgehead atoms. The van der Waals surface area contributed by atoms with Crippen LogP contribution in [-0.2, 0) is 11.3 Å². The summed E-state index contributed by atoms with van der Waals surface area (Å²) >= 11 is 0. The van der Waals surface area contributed by atoms with Gasteiger partial charge in [0.15, 0.2) is 0 Å². The van der Waals surface area contributed by atoms with E-state index in [1.165, 1.54) is 11.1 Å². The number of amides is 1. The number of benzene rings is 2. The van der Waals surface area contributed by atoms with Crippen LogP contribution in [0.3, 0.4) is 0 Å². The van der Waals surface area contributed by atoms with Crippen LogP contribution in [0.2, 0.25) is 0 Å². The summed E-state index contributed by atoms with van der Waals surface area (Å²) in [5.41, 5.74) is 3.38. The number of anilines is 1. The average Bonchev–Trinajstić information content (AvgIpc) is 2.55. The van der Waals surface area contributed by atoms with Crippen LogP contribution < -0.4 is 5.32 Å². The Morgan fingerprint density at radius 2 is 1.74 bits per heavy atom. The molecule has 0 unspecified atom stereocenters. The third-order valence-corrected chi connectivity index (χ3v) is 4.08. The second kappa shape index (κ2) is 8.49. The first-order valence-corrected chi connectivity index (χ1v) is 8.20. The van der Waals surface area contributed by atoms with Gasteiger partial charge >= 0.3 is 0 Å². The number of carbonyl (C=O) groups is 1. The largest absolute Gasteiger partial charge is 0.325 e. The Hall–Kier alpha value is -2.13. The van der Waals surface area contributed by atoms with E-state index in [-0.39, 0.29) is 5.91 Å². The summed E-state index contributed by atoms with van der Waals surface area (Å²) in [5.74, 6) is 0.566. The van der Waals surface area contributed by atoms with Gasteiger partial charge < -0.3 is 5.32 Å². The van der Waals surface area contributed by atoms with Crippen molar-refractivity contribution in [2.24, 2.45) is 0 Å². The lowest BCUT2D eigenvalue weighted by Gasteiger charge is -2.16. The quantitative estimate of drug-likeness (QED) is 0.828. The van der Waals surface area contributed by atoms with Gasteiger partial charge in [0.2, 0.25) is 5.91 Å². The van der Waals surface area contributed by atoms with Crippen molar-refractivity contribution in [1.82, 2.24) is 4.90 Å². The van der Waals surface area contributed by atoms with Gasteiger partial charge in [-0.3, -0.25) is 9.69 Å². The molecule has 0 aliphatic heterocycles. The van der Waals surface area contributed by atoms with Gasteiger partial charge in [-0.25, -0.2) is 0 Å². The van der Waals surface area contributed by atoms with Crippen LogP contribution in [0.15, 0.2) is 54.6 Å². The number of carbonyl (C=O) groups excluding carboxylic acids is 1. The Morgan fingerprint density at radius 3 is 2.35 bits per heavy atom. The van der Waals surface area contributed by atoms with Gasteiger partial charge in [0.05, 0.1) is 6.54 Å². The highest BCUT2D eigenvalue weighted by Crippen LogP contribution is 2.20. The van der Waals surface area contributed by atoms with Crippen molar-refractivity contribution >= 4 is 11.6 Å². The van der Waals surface area contributed by atoms with E-state index in [4.69, 9.17) is 0 Å². The molecule has 122 valence electrons. The van der Waals surface area contributed by atoms with Crippen molar-refractivity contribution in [2.45, 2.75) is 32.7 Å². The third kappa shape index (κ3) is 5.53. The van der Waals surface area contributed by atoms with Gasteiger partial charge in [-0.05, 0) is 42.6 Å². The van der Waals surface area contributed by atoms with E-state index < -0.39 is 0 Å². The summed E-state index contributed by atoms with van der Waals surface area (Å²) in [7, 11) is 1.96. The number of hydrogen-bond acceptors (Lipinski definition) is 2. The van der Waals surface area contributed by atoms with Crippen LogP contribution in [0.1, 0.15) is 37.3 Å². The summed E-state index contributed by atoms with van der Waals surface area (Å²) < 4.78 is 0. The van der Waals surface area contributed by atoms with Gasteiger partial charge in [-0.1, -0.05) is 56.3 Å². The molecule has 2 rings (SSSR count). The topological polar surface area (TPSA) is 32.3 Å². The molecule has 1 N–H and O–H groups in total. The summed E-state index contributed by atoms with van der Waals surface area (Å²) in [6.45, 7) is 5.54. The molecule has 0 fully saturated rings. The molecular formula is C20H26N2O. The van der Waals surface area contributed by atoms with Gasteiger partial charge in [-0.2, -0.15) is 0 Å². The van der Waals surface area contributed by atoms with Crippen LogP contribution in [0.25, 0.3) is 0 Å². The maximum absolute atomic E-state index is 12.1. The van der Waals surface area contributed by atoms with Crippen LogP contribution in [0.5, 0.6) is 0 Å². The first-order valence-electron chi connectivity index (χ1n) is 8.20. The molecular weight excluding hydrogens is 284 g/mol. The molecule has 0 saturated heterocycles. The van der Waals surface area contributed by atoms with Gasteiger partial charge in [0.25, 0.3) is 0 Å². The Morgan fingerprint density at radius 1 is 1.09 bits per heavy atom. The Labute approximate surface area is 139 Å². The molecule has 0 aromatic heterocycles. The van der Waals surface area contributed by atoms with Gasteiger partial charge in [-0.15, -0.1) is 0 Å². The molecule has 0 saturated carbocycles. The van der Waals surface area contributed by atoms with Crippen molar-refractivity contribution in [3.8, 4) is 0 Å². The van der Waals surface area contributed by atoms with E-state index in [0.29, 0.717) is 12.5 Å². The molecule has 3 heteroatoms. The van der Waals surface area contributed by atoms with Gasteiger partial charge in [0, 0.05) is 12.2 Å². The van der Waals surface area contributed by atoms with Crippen molar-refractivity contribution in [2.75, 3.05) is 18.9 Å². The predicted octanol–water partition coefficient (Wildman–Crippen LogP) is 4.27. The van der Waals surface area contributed by atoms with Crippen molar-refractivity contribution in [3.05, 3.63) is 65.7 Å². The average molecular weight is 310 g/mol. The number of rotatable bonds is 7. The van der Waals surface area contributed by atoms with Crippen molar-refractivity contribution < 1.29 is 4.79 Å². The van der Waals surface area contributed by atoms with E-state index in [1.807, 2.05) is 42.3 Å². The first-order chi connectivity index (χ1) is 11.1. The minimum Gasteiger partial charge on any atom is -0.325 e. The van der Waals surface area contributed by atoms with E-state index >= 15 is 0 Å². The molecule has 0 spiro atoms. The molecule has 3 nitrogen and oxygen atoms in total. The molecule has 0 aliphatic carbocycles. The second-order valence-electron chi connectivity index (χ2n) is 6.14. The molecule has 1 amide bonds. The van der Waals surface area contributed by atoms with E-state index in [9.17, 15) is 4.79 Å². The fourth-order valence-electron chi connectivity index (χ4n) is 2.53. The first kappa shape index (κ1) is 17.2. The lowest BCUT2D eigenvalue weighted by molar-refractivity contribution is -0.117. The zero-order chi connectivity index (χ0) is 16.7. The maximum Gasteiger partial charge on any atom is 0.238 e. The van der Waals surface area contributed by atoms with E-state index in [1.54, 1.807) is 0 Å². The zero-order valence-corrected chi connectivity index (χ0v) is 14.3. The number of nitrogens with zero attached hydrogens (tertiary/aromatic N) is 1. The molecule has 1 atom stereocenters. The molecule has 23 heavy (non-hydrogen) atoms. The van der Waals surface area contributed by atoms with E-state index in [0.717, 1.165) is 18.7 Å². The zero-order valence-electron chi connectivity index (χ0n) is 14.3. The SMILES string of the molecule is CC[C@@H](C)c1ccc(NC(=O)CN(C)Cc2ccccc2)cc1. The smallest absolute Gasteiger partial charge is 0.238 e. The highest BCUT2D eigenvalue weighted by Gasteiger charge is 2.08. The van der Waals surface area contributed by atoms with Crippen LogP contribution in [-0.4, -0.2) is 24.4 Å². The Kier molecular flexibility index (Phi) is 6.36. The van der Waals surface area contributed by atoms with E-state index in [2.05, 4.69) is 43.4 Å². The fraction of sp³-hybridized carbons (Fsp3) is 0.350. The number of hydrogen-bond donors (Lipinski definition) is 1. The molecule has 0 aliphatic rings. The third-order valence-electron chi connectivity index (χ3n) is 4.08. The monoisotopic (exact) mass is 310 g/mol. The normalized spacial score (nSPS) is 12.2. The lowest BCUT2D eigenvalue weighted by atomic mass is 9.99. The summed E-state index contributed by atoms with van der Waals surface area (Å²) in [4.78, 5) is 14.1. The second-order valence-corrected chi connectivity index (χ2v) is 6.14. The van der Waals surface area contributed by atoms with Gasteiger partial charge in [0.1, 0.15) is 0 Å². The summed E-state index contributed by atoms with van der Waals surface area (Å²) in [6.07, 6.45) is 1.12. The van der Waals surface area contributed by atoms with Crippen LogP contribution in [0, 0.1) is 0 Å². The summed E-state index contributed by atoms with van der Waals surface area (Å²) in [6, 6.07) is 18.3. The highest BCUT2D eigenvalue weighted by atomic mass is 16.2. The minimum atomic E-state index is 0.0136. The van der Waals surface area contributed by atoms with Crippen LogP contribution in [0.4, 0.5) is 5.69 Å². The molecule has 0 heterocycles. The molecule has 0 radical (unpaired) electrons. The lowest BCUT2D eigenvalue weighted by Crippen LogP contribution is -2.29. The number of nitrogens with one attached hydrogen (secondary N) is 1. The number of likely N-dealkylation sites (N-methyl/N-ethyl adjacent to an activating group) is 1. The van der Waals surface area contributed by atoms with Crippen molar-refractivity contribution in [3.63, 3.8) is 0 Å². The fourth-order valence-corrected chi connectivity index (χ4v) is 2.53. The minimum absolute atomic E-state index is 0.0136. The molecule has 2 aromatic rings. The predicted molar refractivity (Wildman–Crippen MR) is 96.6 cm³/mol. The van der Waals surface area contributed by atoms with Crippen LogP contribution >= 0.6 is 0 Å². The maximum atomic E-state index is 12.1.